The summed E-state index contributed by atoms with van der Waals surface area (Å²) in [6.45, 7) is 0.644. The molecule has 2 aliphatic heterocycles. The van der Waals surface area contributed by atoms with Crippen LogP contribution in [0.15, 0.2) is 29.2 Å². The molecule has 0 saturated carbocycles. The molecule has 1 spiro atoms. The van der Waals surface area contributed by atoms with Gasteiger partial charge >= 0.3 is 0 Å². The molecular weight excluding hydrogens is 283 g/mol. The minimum absolute atomic E-state index is 0.0179. The van der Waals surface area contributed by atoms with Crippen LogP contribution in [0.25, 0.3) is 0 Å². The van der Waals surface area contributed by atoms with Crippen LogP contribution in [0.1, 0.15) is 19.3 Å². The van der Waals surface area contributed by atoms with E-state index in [9.17, 15) is 8.60 Å². The molecule has 1 aromatic rings. The third kappa shape index (κ3) is 2.73. The fraction of sp³-hybridized carbons (Fsp3) is 0.571. The van der Waals surface area contributed by atoms with Gasteiger partial charge in [-0.2, -0.15) is 11.8 Å². The Morgan fingerprint density at radius 3 is 3.00 bits per heavy atom. The van der Waals surface area contributed by atoms with Crippen molar-refractivity contribution in [3.8, 4) is 0 Å². The highest BCUT2D eigenvalue weighted by Gasteiger charge is 2.42. The van der Waals surface area contributed by atoms with E-state index < -0.39 is 10.8 Å². The molecule has 0 amide bonds. The Kier molecular flexibility index (Phi) is 3.96. The third-order valence-corrected chi connectivity index (χ3v) is 6.87. The molecule has 2 nitrogen and oxygen atoms in total. The predicted molar refractivity (Wildman–Crippen MR) is 76.5 cm³/mol. The smallest absolute Gasteiger partial charge is 0.139 e. The lowest BCUT2D eigenvalue weighted by Gasteiger charge is -2.37. The van der Waals surface area contributed by atoms with Crippen molar-refractivity contribution in [2.75, 3.05) is 18.1 Å². The van der Waals surface area contributed by atoms with Crippen molar-refractivity contribution in [3.63, 3.8) is 0 Å². The van der Waals surface area contributed by atoms with Crippen LogP contribution in [0.2, 0.25) is 0 Å². The highest BCUT2D eigenvalue weighted by Crippen LogP contribution is 2.40. The summed E-state index contributed by atoms with van der Waals surface area (Å²) in [5.74, 6) is 1.74. The van der Waals surface area contributed by atoms with Crippen molar-refractivity contribution in [1.82, 2.24) is 0 Å². The normalized spacial score (nSPS) is 32.6. The summed E-state index contributed by atoms with van der Waals surface area (Å²) in [6, 6.07) is 6.40. The first-order valence-corrected chi connectivity index (χ1v) is 8.94. The summed E-state index contributed by atoms with van der Waals surface area (Å²) in [4.78, 5) is 0.343. The van der Waals surface area contributed by atoms with Crippen molar-refractivity contribution < 1.29 is 13.3 Å². The molecule has 0 aromatic heterocycles. The molecule has 19 heavy (non-hydrogen) atoms. The zero-order chi connectivity index (χ0) is 13.3. The van der Waals surface area contributed by atoms with Gasteiger partial charge in [0, 0.05) is 17.6 Å². The van der Waals surface area contributed by atoms with Crippen molar-refractivity contribution >= 4 is 22.6 Å². The number of benzene rings is 1. The number of hydrogen-bond acceptors (Lipinski definition) is 3. The van der Waals surface area contributed by atoms with Crippen LogP contribution in [0.5, 0.6) is 0 Å². The van der Waals surface area contributed by atoms with Crippen LogP contribution in [0, 0.1) is 5.82 Å². The van der Waals surface area contributed by atoms with Crippen molar-refractivity contribution in [2.24, 2.45) is 0 Å². The summed E-state index contributed by atoms with van der Waals surface area (Å²) in [6.07, 6.45) is 2.58. The summed E-state index contributed by atoms with van der Waals surface area (Å²) in [5, 5.41) is 0.0179. The van der Waals surface area contributed by atoms with Crippen molar-refractivity contribution in [1.29, 1.82) is 0 Å². The Morgan fingerprint density at radius 2 is 2.26 bits per heavy atom. The SMILES string of the molecule is O=S(c1ccccc1F)C1CCOC2(CCSC2)C1. The monoisotopic (exact) mass is 300 g/mol. The van der Waals surface area contributed by atoms with E-state index in [4.69, 9.17) is 4.74 Å². The van der Waals surface area contributed by atoms with Gasteiger partial charge in [-0.05, 0) is 37.1 Å². The second kappa shape index (κ2) is 5.54. The molecule has 2 fully saturated rings. The van der Waals surface area contributed by atoms with E-state index in [0.29, 0.717) is 11.5 Å². The lowest BCUT2D eigenvalue weighted by Crippen LogP contribution is -2.43. The number of halogens is 1. The molecule has 2 heterocycles. The fourth-order valence-electron chi connectivity index (χ4n) is 2.82. The Balaban J connectivity index is 1.78. The van der Waals surface area contributed by atoms with E-state index >= 15 is 0 Å². The van der Waals surface area contributed by atoms with Gasteiger partial charge in [-0.15, -0.1) is 0 Å². The standard InChI is InChI=1S/C14H17FO2S2/c15-12-3-1-2-4-13(12)19(16)11-5-7-17-14(9-11)6-8-18-10-14/h1-4,11H,5-10H2. The van der Waals surface area contributed by atoms with Gasteiger partial charge in [0.2, 0.25) is 0 Å². The summed E-state index contributed by atoms with van der Waals surface area (Å²) >= 11 is 1.89. The lowest BCUT2D eigenvalue weighted by atomic mass is 9.93. The number of thioether (sulfide) groups is 1. The van der Waals surface area contributed by atoms with E-state index in [0.717, 1.165) is 30.8 Å². The summed E-state index contributed by atoms with van der Waals surface area (Å²) in [7, 11) is -1.27. The van der Waals surface area contributed by atoms with E-state index in [1.165, 1.54) is 6.07 Å². The summed E-state index contributed by atoms with van der Waals surface area (Å²) in [5.41, 5.74) is -0.103. The van der Waals surface area contributed by atoms with E-state index in [1.807, 2.05) is 11.8 Å². The average Bonchev–Trinajstić information content (AvgIpc) is 2.86. The number of rotatable bonds is 2. The van der Waals surface area contributed by atoms with Crippen LogP contribution in [-0.4, -0.2) is 33.2 Å². The third-order valence-electron chi connectivity index (χ3n) is 3.87. The zero-order valence-electron chi connectivity index (χ0n) is 10.6. The molecule has 3 rings (SSSR count). The lowest BCUT2D eigenvalue weighted by molar-refractivity contribution is -0.0567. The maximum absolute atomic E-state index is 13.7. The van der Waals surface area contributed by atoms with Crippen LogP contribution in [0.3, 0.4) is 0 Å². The molecule has 5 heteroatoms. The molecule has 104 valence electrons. The first-order valence-electron chi connectivity index (χ1n) is 6.57. The maximum Gasteiger partial charge on any atom is 0.139 e. The largest absolute Gasteiger partial charge is 0.374 e. The van der Waals surface area contributed by atoms with Gasteiger partial charge in [-0.25, -0.2) is 4.39 Å². The van der Waals surface area contributed by atoms with Gasteiger partial charge in [0.05, 0.1) is 21.3 Å². The second-order valence-corrected chi connectivity index (χ2v) is 7.98. The Hall–Kier alpha value is -0.390. The van der Waals surface area contributed by atoms with Gasteiger partial charge in [-0.1, -0.05) is 12.1 Å². The number of ether oxygens (including phenoxy) is 1. The predicted octanol–water partition coefficient (Wildman–Crippen LogP) is 2.99. The number of hydrogen-bond donors (Lipinski definition) is 0. The molecule has 0 bridgehead atoms. The Labute approximate surface area is 119 Å². The van der Waals surface area contributed by atoms with Crippen molar-refractivity contribution in [2.45, 2.75) is 35.0 Å². The van der Waals surface area contributed by atoms with Crippen LogP contribution < -0.4 is 0 Å². The first-order chi connectivity index (χ1) is 9.20. The average molecular weight is 300 g/mol. The molecular formula is C14H17FO2S2. The fourth-order valence-corrected chi connectivity index (χ4v) is 5.79. The zero-order valence-corrected chi connectivity index (χ0v) is 12.3. The molecule has 0 N–H and O–H groups in total. The van der Waals surface area contributed by atoms with Gasteiger partial charge < -0.3 is 4.74 Å². The first kappa shape index (κ1) is 13.6. The molecule has 1 aromatic carbocycles. The van der Waals surface area contributed by atoms with Gasteiger partial charge in [0.25, 0.3) is 0 Å². The molecule has 3 unspecified atom stereocenters. The van der Waals surface area contributed by atoms with Gasteiger partial charge in [-0.3, -0.25) is 4.21 Å². The Morgan fingerprint density at radius 1 is 1.42 bits per heavy atom. The van der Waals surface area contributed by atoms with Crippen LogP contribution >= 0.6 is 11.8 Å². The van der Waals surface area contributed by atoms with Crippen molar-refractivity contribution in [3.05, 3.63) is 30.1 Å². The minimum atomic E-state index is -1.27. The molecule has 0 radical (unpaired) electrons. The Bertz CT molecular complexity index is 486. The van der Waals surface area contributed by atoms with Crippen LogP contribution in [0.4, 0.5) is 4.39 Å². The minimum Gasteiger partial charge on any atom is -0.374 e. The molecule has 3 atom stereocenters. The highest BCUT2D eigenvalue weighted by molar-refractivity contribution is 7.99. The molecule has 0 aliphatic carbocycles. The second-order valence-electron chi connectivity index (χ2n) is 5.18. The topological polar surface area (TPSA) is 26.3 Å². The molecule has 2 aliphatic rings. The van der Waals surface area contributed by atoms with Gasteiger partial charge in [0.1, 0.15) is 5.82 Å². The van der Waals surface area contributed by atoms with E-state index in [2.05, 4.69) is 0 Å². The quantitative estimate of drug-likeness (QED) is 0.840. The molecule has 2 saturated heterocycles. The van der Waals surface area contributed by atoms with Crippen LogP contribution in [-0.2, 0) is 15.5 Å². The van der Waals surface area contributed by atoms with E-state index in [-0.39, 0.29) is 16.7 Å². The summed E-state index contributed by atoms with van der Waals surface area (Å²) < 4.78 is 32.2. The van der Waals surface area contributed by atoms with Gasteiger partial charge in [0.15, 0.2) is 0 Å². The van der Waals surface area contributed by atoms with E-state index in [1.54, 1.807) is 18.2 Å². The maximum atomic E-state index is 13.7. The highest BCUT2D eigenvalue weighted by atomic mass is 32.2.